The molecule has 17 heavy (non-hydrogen) atoms. The van der Waals surface area contributed by atoms with Gasteiger partial charge in [0.15, 0.2) is 9.84 Å². The minimum absolute atomic E-state index is 0.264. The maximum Gasteiger partial charge on any atom is 0.304 e. The molecule has 1 heterocycles. The Kier molecular flexibility index (Phi) is 4.62. The second kappa shape index (κ2) is 5.76. The Labute approximate surface area is 99.4 Å². The van der Waals surface area contributed by atoms with Crippen LogP contribution >= 0.6 is 0 Å². The van der Waals surface area contributed by atoms with Crippen LogP contribution in [0.15, 0.2) is 6.33 Å². The van der Waals surface area contributed by atoms with E-state index in [1.54, 1.807) is 0 Å². The van der Waals surface area contributed by atoms with Crippen molar-refractivity contribution in [1.82, 2.24) is 14.8 Å². The van der Waals surface area contributed by atoms with Gasteiger partial charge in [-0.3, -0.25) is 4.79 Å². The van der Waals surface area contributed by atoms with Crippen molar-refractivity contribution in [3.8, 4) is 0 Å². The molecule has 0 aliphatic carbocycles. The van der Waals surface area contributed by atoms with Gasteiger partial charge in [0.05, 0.1) is 12.2 Å². The Hall–Kier alpha value is -1.44. The van der Waals surface area contributed by atoms with Crippen LogP contribution in [0.1, 0.15) is 25.6 Å². The minimum Gasteiger partial charge on any atom is -0.481 e. The molecule has 0 spiro atoms. The van der Waals surface area contributed by atoms with Crippen LogP contribution < -0.4 is 0 Å². The summed E-state index contributed by atoms with van der Waals surface area (Å²) in [5.41, 5.74) is 0. The van der Waals surface area contributed by atoms with Crippen molar-refractivity contribution in [2.45, 2.75) is 32.1 Å². The molecule has 0 atom stereocenters. The third-order valence-electron chi connectivity index (χ3n) is 2.11. The Morgan fingerprint density at radius 2 is 2.24 bits per heavy atom. The first-order valence-electron chi connectivity index (χ1n) is 5.23. The number of aryl methyl sites for hydroxylation is 1. The molecule has 0 aliphatic rings. The van der Waals surface area contributed by atoms with Crippen LogP contribution in [0.2, 0.25) is 0 Å². The van der Waals surface area contributed by atoms with Gasteiger partial charge in [0.25, 0.3) is 0 Å². The van der Waals surface area contributed by atoms with Crippen LogP contribution in [-0.2, 0) is 26.9 Å². The zero-order valence-electron chi connectivity index (χ0n) is 9.53. The predicted octanol–water partition coefficient (Wildman–Crippen LogP) is 0.0776. The average Bonchev–Trinajstić information content (AvgIpc) is 2.63. The molecule has 0 aromatic carbocycles. The van der Waals surface area contributed by atoms with E-state index in [0.717, 1.165) is 6.42 Å². The van der Waals surface area contributed by atoms with Crippen LogP contribution in [0.5, 0.6) is 0 Å². The maximum absolute atomic E-state index is 11.6. The van der Waals surface area contributed by atoms with E-state index < -0.39 is 15.8 Å². The molecule has 8 heteroatoms. The Balaban J connectivity index is 2.69. The molecule has 1 N–H and O–H groups in total. The second-order valence-electron chi connectivity index (χ2n) is 3.64. The van der Waals surface area contributed by atoms with Gasteiger partial charge in [-0.05, 0) is 6.42 Å². The van der Waals surface area contributed by atoms with Gasteiger partial charge in [0.2, 0.25) is 0 Å². The van der Waals surface area contributed by atoms with Crippen LogP contribution in [0.4, 0.5) is 0 Å². The summed E-state index contributed by atoms with van der Waals surface area (Å²) in [7, 11) is -3.44. The van der Waals surface area contributed by atoms with Crippen LogP contribution in [-0.4, -0.2) is 40.0 Å². The normalized spacial score (nSPS) is 11.6. The van der Waals surface area contributed by atoms with Gasteiger partial charge in [-0.2, -0.15) is 5.10 Å². The van der Waals surface area contributed by atoms with Gasteiger partial charge in [0, 0.05) is 6.54 Å². The molecule has 0 radical (unpaired) electrons. The fourth-order valence-electron chi connectivity index (χ4n) is 1.31. The number of carboxylic acids is 1. The summed E-state index contributed by atoms with van der Waals surface area (Å²) in [6, 6.07) is 0. The monoisotopic (exact) mass is 261 g/mol. The zero-order valence-corrected chi connectivity index (χ0v) is 10.4. The molecule has 0 aliphatic heterocycles. The standard InChI is InChI=1S/C9H15N3O4S/c1-2-4-12-8(10-7-11-12)6-17(15,16)5-3-9(13)14/h7H,2-6H2,1H3,(H,13,14). The van der Waals surface area contributed by atoms with Gasteiger partial charge in [0.1, 0.15) is 17.9 Å². The third-order valence-corrected chi connectivity index (χ3v) is 3.63. The van der Waals surface area contributed by atoms with Crippen molar-refractivity contribution in [3.05, 3.63) is 12.2 Å². The Morgan fingerprint density at radius 1 is 1.53 bits per heavy atom. The number of nitrogens with zero attached hydrogens (tertiary/aromatic N) is 3. The van der Waals surface area contributed by atoms with E-state index in [4.69, 9.17) is 5.11 Å². The largest absolute Gasteiger partial charge is 0.481 e. The zero-order chi connectivity index (χ0) is 12.9. The van der Waals surface area contributed by atoms with E-state index in [-0.39, 0.29) is 17.9 Å². The SMILES string of the molecule is CCCn1ncnc1CS(=O)(=O)CCC(=O)O. The van der Waals surface area contributed by atoms with Crippen molar-refractivity contribution in [1.29, 1.82) is 0 Å². The summed E-state index contributed by atoms with van der Waals surface area (Å²) in [6.45, 7) is 2.55. The summed E-state index contributed by atoms with van der Waals surface area (Å²) in [5.74, 6) is -1.40. The van der Waals surface area contributed by atoms with E-state index in [9.17, 15) is 13.2 Å². The first kappa shape index (κ1) is 13.6. The summed E-state index contributed by atoms with van der Waals surface area (Å²) < 4.78 is 24.8. The van der Waals surface area contributed by atoms with Crippen molar-refractivity contribution in [3.63, 3.8) is 0 Å². The van der Waals surface area contributed by atoms with Gasteiger partial charge in [-0.1, -0.05) is 6.92 Å². The number of sulfone groups is 1. The summed E-state index contributed by atoms with van der Waals surface area (Å²) in [6.07, 6.45) is 1.74. The van der Waals surface area contributed by atoms with Crippen LogP contribution in [0, 0.1) is 0 Å². The Morgan fingerprint density at radius 3 is 2.82 bits per heavy atom. The second-order valence-corrected chi connectivity index (χ2v) is 5.82. The van der Waals surface area contributed by atoms with Gasteiger partial charge < -0.3 is 5.11 Å². The number of hydrogen-bond donors (Lipinski definition) is 1. The number of aliphatic carboxylic acids is 1. The molecule has 0 unspecified atom stereocenters. The Bertz CT molecular complexity index is 480. The lowest BCUT2D eigenvalue weighted by atomic mass is 10.5. The van der Waals surface area contributed by atoms with E-state index in [0.29, 0.717) is 12.4 Å². The predicted molar refractivity (Wildman–Crippen MR) is 60.1 cm³/mol. The molecule has 7 nitrogen and oxygen atoms in total. The molecule has 96 valence electrons. The lowest BCUT2D eigenvalue weighted by Gasteiger charge is -2.04. The first-order chi connectivity index (χ1) is 7.94. The number of aromatic nitrogens is 3. The summed E-state index contributed by atoms with van der Waals surface area (Å²) in [4.78, 5) is 14.2. The highest BCUT2D eigenvalue weighted by Gasteiger charge is 2.17. The van der Waals surface area contributed by atoms with Crippen molar-refractivity contribution < 1.29 is 18.3 Å². The van der Waals surface area contributed by atoms with Crippen LogP contribution in [0.25, 0.3) is 0 Å². The highest BCUT2D eigenvalue weighted by Crippen LogP contribution is 2.05. The smallest absolute Gasteiger partial charge is 0.304 e. The molecule has 1 rings (SSSR count). The lowest BCUT2D eigenvalue weighted by Crippen LogP contribution is -2.16. The van der Waals surface area contributed by atoms with Crippen molar-refractivity contribution in [2.24, 2.45) is 0 Å². The minimum atomic E-state index is -3.44. The molecule has 0 bridgehead atoms. The third kappa shape index (κ3) is 4.51. The molecular weight excluding hydrogens is 246 g/mol. The fraction of sp³-hybridized carbons (Fsp3) is 0.667. The van der Waals surface area contributed by atoms with Crippen molar-refractivity contribution in [2.75, 3.05) is 5.75 Å². The average molecular weight is 261 g/mol. The number of rotatable bonds is 7. The number of hydrogen-bond acceptors (Lipinski definition) is 5. The molecule has 1 aromatic heterocycles. The lowest BCUT2D eigenvalue weighted by molar-refractivity contribution is -0.136. The van der Waals surface area contributed by atoms with E-state index in [1.807, 2.05) is 6.92 Å². The topological polar surface area (TPSA) is 102 Å². The van der Waals surface area contributed by atoms with Crippen molar-refractivity contribution >= 4 is 15.8 Å². The molecule has 0 saturated heterocycles. The van der Waals surface area contributed by atoms with E-state index in [2.05, 4.69) is 10.1 Å². The molecule has 0 fully saturated rings. The molecule has 0 amide bonds. The van der Waals surface area contributed by atoms with Gasteiger partial charge in [-0.15, -0.1) is 0 Å². The first-order valence-corrected chi connectivity index (χ1v) is 7.05. The van der Waals surface area contributed by atoms with Gasteiger partial charge in [-0.25, -0.2) is 18.1 Å². The fourth-order valence-corrected chi connectivity index (χ4v) is 2.56. The highest BCUT2D eigenvalue weighted by atomic mass is 32.2. The quantitative estimate of drug-likeness (QED) is 0.745. The van der Waals surface area contributed by atoms with E-state index >= 15 is 0 Å². The van der Waals surface area contributed by atoms with Crippen LogP contribution in [0.3, 0.4) is 0 Å². The molecule has 0 saturated carbocycles. The van der Waals surface area contributed by atoms with E-state index in [1.165, 1.54) is 11.0 Å². The summed E-state index contributed by atoms with van der Waals surface area (Å²) >= 11 is 0. The maximum atomic E-state index is 11.6. The molecular formula is C9H15N3O4S. The summed E-state index contributed by atoms with van der Waals surface area (Å²) in [5, 5.41) is 12.4. The van der Waals surface area contributed by atoms with Gasteiger partial charge >= 0.3 is 5.97 Å². The molecule has 1 aromatic rings. The number of carbonyl (C=O) groups is 1. The number of carboxylic acid groups (broad SMARTS) is 1. The highest BCUT2D eigenvalue weighted by molar-refractivity contribution is 7.90.